The van der Waals surface area contributed by atoms with E-state index in [-0.39, 0.29) is 0 Å². The lowest BCUT2D eigenvalue weighted by Crippen LogP contribution is -1.95. The molecule has 58 heavy (non-hydrogen) atoms. The number of fused-ring (bicyclic) bond motifs is 4. The minimum absolute atomic E-state index is 0.716. The molecule has 272 valence electrons. The Balaban J connectivity index is 0.956. The molecule has 0 radical (unpaired) electrons. The van der Waals surface area contributed by atoms with E-state index in [1.54, 1.807) is 11.3 Å². The SMILES string of the molecule is c1ccc(-c2ccc3c(c2)c2cc(-c4ccccc4)ccc2n3-c2ccc(-c3ccc(-c4nc(-c5ccccc5)cc(-c5cc6ccccc6s5)n4)cc3)cc2)cc1. The number of hydrogen-bond acceptors (Lipinski definition) is 3. The van der Waals surface area contributed by atoms with Crippen molar-refractivity contribution in [1.29, 1.82) is 0 Å². The van der Waals surface area contributed by atoms with E-state index in [2.05, 4.69) is 211 Å². The molecule has 0 N–H and O–H groups in total. The van der Waals surface area contributed by atoms with Crippen molar-refractivity contribution >= 4 is 43.2 Å². The Bertz CT molecular complexity index is 3110. The Morgan fingerprint density at radius 1 is 0.345 bits per heavy atom. The van der Waals surface area contributed by atoms with Gasteiger partial charge in [0.2, 0.25) is 0 Å². The molecule has 0 saturated heterocycles. The van der Waals surface area contributed by atoms with Crippen LogP contribution < -0.4 is 0 Å². The van der Waals surface area contributed by atoms with Crippen molar-refractivity contribution in [3.05, 3.63) is 212 Å². The van der Waals surface area contributed by atoms with Gasteiger partial charge in [-0.05, 0) is 93.4 Å². The summed E-state index contributed by atoms with van der Waals surface area (Å²) in [5.74, 6) is 0.716. The van der Waals surface area contributed by atoms with Crippen LogP contribution >= 0.6 is 11.3 Å². The fourth-order valence-electron chi connectivity index (χ4n) is 8.10. The first-order valence-corrected chi connectivity index (χ1v) is 20.4. The topological polar surface area (TPSA) is 30.7 Å². The second-order valence-electron chi connectivity index (χ2n) is 14.6. The molecule has 0 unspecified atom stereocenters. The lowest BCUT2D eigenvalue weighted by Gasteiger charge is -2.11. The van der Waals surface area contributed by atoms with E-state index in [1.807, 2.05) is 6.07 Å². The van der Waals surface area contributed by atoms with Gasteiger partial charge in [-0.15, -0.1) is 11.3 Å². The summed E-state index contributed by atoms with van der Waals surface area (Å²) in [5, 5.41) is 3.71. The molecule has 0 saturated carbocycles. The molecule has 0 amide bonds. The van der Waals surface area contributed by atoms with Gasteiger partial charge in [-0.3, -0.25) is 0 Å². The van der Waals surface area contributed by atoms with Crippen LogP contribution in [-0.2, 0) is 0 Å². The van der Waals surface area contributed by atoms with Crippen LogP contribution in [0, 0.1) is 0 Å². The van der Waals surface area contributed by atoms with Gasteiger partial charge < -0.3 is 4.57 Å². The standard InChI is InChI=1S/C54H35N3S/c1-4-12-36(13-5-1)42-26-30-50-46(32-42)47-33-43(37-14-6-2-7-15-37)27-31-51(47)57(50)45-28-24-39(25-29-45)38-20-22-41(23-21-38)54-55-48(40-16-8-3-9-17-40)35-49(56-54)53-34-44-18-10-11-19-52(44)58-53/h1-35H. The number of hydrogen-bond donors (Lipinski definition) is 0. The summed E-state index contributed by atoms with van der Waals surface area (Å²) in [6.07, 6.45) is 0. The molecule has 0 bridgehead atoms. The van der Waals surface area contributed by atoms with Crippen molar-refractivity contribution in [3.63, 3.8) is 0 Å². The summed E-state index contributed by atoms with van der Waals surface area (Å²) >= 11 is 1.77. The maximum absolute atomic E-state index is 5.13. The molecule has 4 heteroatoms. The van der Waals surface area contributed by atoms with Crippen LogP contribution in [0.4, 0.5) is 0 Å². The molecule has 3 heterocycles. The molecule has 11 aromatic rings. The van der Waals surface area contributed by atoms with Crippen molar-refractivity contribution in [2.75, 3.05) is 0 Å². The minimum atomic E-state index is 0.716. The van der Waals surface area contributed by atoms with Gasteiger partial charge in [-0.25, -0.2) is 9.97 Å². The van der Waals surface area contributed by atoms with E-state index in [4.69, 9.17) is 9.97 Å². The average Bonchev–Trinajstić information content (AvgIpc) is 3.89. The fraction of sp³-hybridized carbons (Fsp3) is 0. The normalized spacial score (nSPS) is 11.4. The molecule has 0 aliphatic heterocycles. The highest BCUT2D eigenvalue weighted by Gasteiger charge is 2.16. The molecule has 0 atom stereocenters. The van der Waals surface area contributed by atoms with Crippen molar-refractivity contribution in [2.24, 2.45) is 0 Å². The first-order chi connectivity index (χ1) is 28.7. The van der Waals surface area contributed by atoms with E-state index in [1.165, 1.54) is 54.1 Å². The number of rotatable bonds is 7. The largest absolute Gasteiger partial charge is 0.309 e. The molecule has 0 aliphatic rings. The highest BCUT2D eigenvalue weighted by molar-refractivity contribution is 7.22. The highest BCUT2D eigenvalue weighted by atomic mass is 32.1. The van der Waals surface area contributed by atoms with Gasteiger partial charge in [0.25, 0.3) is 0 Å². The number of nitrogens with zero attached hydrogens (tertiary/aromatic N) is 3. The summed E-state index contributed by atoms with van der Waals surface area (Å²) in [5.41, 5.74) is 14.5. The molecule has 11 rings (SSSR count). The third kappa shape index (κ3) is 6.17. The lowest BCUT2D eigenvalue weighted by molar-refractivity contribution is 1.18. The molecule has 0 spiro atoms. The maximum Gasteiger partial charge on any atom is 0.160 e. The predicted molar refractivity (Wildman–Crippen MR) is 244 cm³/mol. The first kappa shape index (κ1) is 33.9. The quantitative estimate of drug-likeness (QED) is 0.162. The third-order valence-electron chi connectivity index (χ3n) is 11.1. The van der Waals surface area contributed by atoms with Crippen LogP contribution in [-0.4, -0.2) is 14.5 Å². The van der Waals surface area contributed by atoms with Gasteiger partial charge in [-0.1, -0.05) is 158 Å². The number of benzene rings is 8. The molecule has 8 aromatic carbocycles. The van der Waals surface area contributed by atoms with E-state index in [9.17, 15) is 0 Å². The Hall–Kier alpha value is -7.40. The van der Waals surface area contributed by atoms with Crippen LogP contribution in [0.2, 0.25) is 0 Å². The van der Waals surface area contributed by atoms with E-state index in [0.717, 1.165) is 44.2 Å². The van der Waals surface area contributed by atoms with Gasteiger partial charge in [0.15, 0.2) is 5.82 Å². The highest BCUT2D eigenvalue weighted by Crippen LogP contribution is 2.39. The zero-order chi connectivity index (χ0) is 38.4. The summed E-state index contributed by atoms with van der Waals surface area (Å²) < 4.78 is 3.65. The second-order valence-corrected chi connectivity index (χ2v) is 15.7. The Labute approximate surface area is 340 Å². The van der Waals surface area contributed by atoms with Crippen molar-refractivity contribution in [3.8, 4) is 72.3 Å². The van der Waals surface area contributed by atoms with Crippen molar-refractivity contribution in [1.82, 2.24) is 14.5 Å². The molecule has 3 aromatic heterocycles. The van der Waals surface area contributed by atoms with Crippen LogP contribution in [0.15, 0.2) is 212 Å². The van der Waals surface area contributed by atoms with E-state index < -0.39 is 0 Å². The maximum atomic E-state index is 5.13. The van der Waals surface area contributed by atoms with Crippen LogP contribution in [0.1, 0.15) is 0 Å². The summed E-state index contributed by atoms with van der Waals surface area (Å²) in [6.45, 7) is 0. The summed E-state index contributed by atoms with van der Waals surface area (Å²) in [6, 6.07) is 75.8. The lowest BCUT2D eigenvalue weighted by atomic mass is 10.0. The van der Waals surface area contributed by atoms with Crippen LogP contribution in [0.25, 0.3) is 104 Å². The minimum Gasteiger partial charge on any atom is -0.309 e. The Kier molecular flexibility index (Phi) is 8.34. The van der Waals surface area contributed by atoms with Gasteiger partial charge in [0.05, 0.1) is 27.3 Å². The van der Waals surface area contributed by atoms with Gasteiger partial charge >= 0.3 is 0 Å². The van der Waals surface area contributed by atoms with Gasteiger partial charge in [0.1, 0.15) is 0 Å². The molecular weight excluding hydrogens is 723 g/mol. The van der Waals surface area contributed by atoms with E-state index in [0.29, 0.717) is 5.82 Å². The zero-order valence-corrected chi connectivity index (χ0v) is 32.3. The summed E-state index contributed by atoms with van der Waals surface area (Å²) in [7, 11) is 0. The molecular formula is C54H35N3S. The smallest absolute Gasteiger partial charge is 0.160 e. The Morgan fingerprint density at radius 3 is 1.40 bits per heavy atom. The van der Waals surface area contributed by atoms with Crippen LogP contribution in [0.3, 0.4) is 0 Å². The summed E-state index contributed by atoms with van der Waals surface area (Å²) in [4.78, 5) is 11.3. The first-order valence-electron chi connectivity index (χ1n) is 19.6. The number of thiophene rings is 1. The predicted octanol–water partition coefficient (Wildman–Crippen LogP) is 14.8. The zero-order valence-electron chi connectivity index (χ0n) is 31.5. The monoisotopic (exact) mass is 757 g/mol. The van der Waals surface area contributed by atoms with Gasteiger partial charge in [0, 0.05) is 32.3 Å². The second kappa shape index (κ2) is 14.3. The Morgan fingerprint density at radius 2 is 0.810 bits per heavy atom. The van der Waals surface area contributed by atoms with E-state index >= 15 is 0 Å². The molecule has 3 nitrogen and oxygen atoms in total. The van der Waals surface area contributed by atoms with Crippen molar-refractivity contribution in [2.45, 2.75) is 0 Å². The number of aromatic nitrogens is 3. The van der Waals surface area contributed by atoms with Gasteiger partial charge in [-0.2, -0.15) is 0 Å². The van der Waals surface area contributed by atoms with Crippen LogP contribution in [0.5, 0.6) is 0 Å². The molecule has 0 fully saturated rings. The third-order valence-corrected chi connectivity index (χ3v) is 12.2. The molecule has 0 aliphatic carbocycles. The van der Waals surface area contributed by atoms with Crippen molar-refractivity contribution < 1.29 is 0 Å². The average molecular weight is 758 g/mol. The fourth-order valence-corrected chi connectivity index (χ4v) is 9.13.